The molecular weight excluding hydrogens is 462 g/mol. The molecule has 0 fully saturated rings. The van der Waals surface area contributed by atoms with Crippen molar-refractivity contribution in [2.45, 2.75) is 24.4 Å². The van der Waals surface area contributed by atoms with Crippen molar-refractivity contribution in [2.75, 3.05) is 5.32 Å². The van der Waals surface area contributed by atoms with E-state index in [0.29, 0.717) is 23.6 Å². The molecule has 9 heteroatoms. The molecule has 0 aliphatic carbocycles. The lowest BCUT2D eigenvalue weighted by atomic mass is 10.1. The standard InChI is InChI=1S/C26H21N5O3S/c1-17(32)28-21-7-8-22-20(13-24(33)34-23(22)14-21)16-35-26-30-29-25(19-9-11-27-12-10-19)31(26)15-18-5-3-2-4-6-18/h2-14H,15-16H2,1H3,(H,28,32). The Bertz CT molecular complexity index is 1550. The highest BCUT2D eigenvalue weighted by Crippen LogP contribution is 2.30. The molecule has 0 saturated carbocycles. The van der Waals surface area contributed by atoms with E-state index in [4.69, 9.17) is 4.42 Å². The Labute approximate surface area is 205 Å². The average Bonchev–Trinajstić information content (AvgIpc) is 3.25. The molecule has 1 amide bonds. The highest BCUT2D eigenvalue weighted by atomic mass is 32.2. The topological polar surface area (TPSA) is 103 Å². The summed E-state index contributed by atoms with van der Waals surface area (Å²) in [6, 6.07) is 20.7. The van der Waals surface area contributed by atoms with Crippen LogP contribution < -0.4 is 10.9 Å². The SMILES string of the molecule is CC(=O)Nc1ccc2c(CSc3nnc(-c4ccncc4)n3Cc3ccccc3)cc(=O)oc2c1. The van der Waals surface area contributed by atoms with Gasteiger partial charge in [-0.25, -0.2) is 4.79 Å². The minimum atomic E-state index is -0.448. The largest absolute Gasteiger partial charge is 0.423 e. The minimum absolute atomic E-state index is 0.193. The van der Waals surface area contributed by atoms with Crippen molar-refractivity contribution in [1.29, 1.82) is 0 Å². The van der Waals surface area contributed by atoms with Crippen molar-refractivity contribution in [3.8, 4) is 11.4 Å². The number of nitrogens with one attached hydrogen (secondary N) is 1. The van der Waals surface area contributed by atoms with Gasteiger partial charge in [0.15, 0.2) is 11.0 Å². The maximum atomic E-state index is 12.2. The zero-order valence-electron chi connectivity index (χ0n) is 18.8. The summed E-state index contributed by atoms with van der Waals surface area (Å²) in [6.07, 6.45) is 3.46. The summed E-state index contributed by atoms with van der Waals surface area (Å²) in [6.45, 7) is 2.03. The van der Waals surface area contributed by atoms with Crippen LogP contribution in [0.2, 0.25) is 0 Å². The van der Waals surface area contributed by atoms with E-state index in [1.807, 2.05) is 36.4 Å². The zero-order chi connectivity index (χ0) is 24.2. The first-order valence-corrected chi connectivity index (χ1v) is 11.9. The van der Waals surface area contributed by atoms with E-state index in [1.165, 1.54) is 24.8 Å². The molecule has 0 spiro atoms. The first kappa shape index (κ1) is 22.5. The van der Waals surface area contributed by atoms with Gasteiger partial charge >= 0.3 is 5.63 Å². The first-order chi connectivity index (χ1) is 17.1. The second kappa shape index (κ2) is 9.94. The predicted octanol–water partition coefficient (Wildman–Crippen LogP) is 4.75. The van der Waals surface area contributed by atoms with Crippen LogP contribution in [0.15, 0.2) is 93.5 Å². The van der Waals surface area contributed by atoms with E-state index in [9.17, 15) is 9.59 Å². The highest BCUT2D eigenvalue weighted by Gasteiger charge is 2.16. The summed E-state index contributed by atoms with van der Waals surface area (Å²) >= 11 is 1.50. The van der Waals surface area contributed by atoms with Crippen LogP contribution in [0.25, 0.3) is 22.4 Å². The van der Waals surface area contributed by atoms with E-state index >= 15 is 0 Å². The van der Waals surface area contributed by atoms with Gasteiger partial charge in [-0.1, -0.05) is 42.1 Å². The number of amides is 1. The summed E-state index contributed by atoms with van der Waals surface area (Å²) < 4.78 is 7.45. The van der Waals surface area contributed by atoms with Crippen molar-refractivity contribution in [3.05, 3.63) is 101 Å². The number of thioether (sulfide) groups is 1. The van der Waals surface area contributed by atoms with Gasteiger partial charge in [0, 0.05) is 53.8 Å². The number of fused-ring (bicyclic) bond motifs is 1. The molecule has 0 aliphatic rings. The number of pyridine rings is 1. The molecule has 0 aliphatic heterocycles. The van der Waals surface area contributed by atoms with Crippen LogP contribution in [0.5, 0.6) is 0 Å². The van der Waals surface area contributed by atoms with E-state index < -0.39 is 5.63 Å². The van der Waals surface area contributed by atoms with Crippen LogP contribution in [0.4, 0.5) is 5.69 Å². The second-order valence-corrected chi connectivity index (χ2v) is 8.83. The molecule has 3 heterocycles. The molecule has 2 aromatic carbocycles. The Hall–Kier alpha value is -4.24. The van der Waals surface area contributed by atoms with Crippen molar-refractivity contribution < 1.29 is 9.21 Å². The van der Waals surface area contributed by atoms with Crippen LogP contribution in [-0.4, -0.2) is 25.7 Å². The third-order valence-corrected chi connectivity index (χ3v) is 6.36. The molecule has 3 aromatic heterocycles. The summed E-state index contributed by atoms with van der Waals surface area (Å²) in [7, 11) is 0. The van der Waals surface area contributed by atoms with Gasteiger partial charge < -0.3 is 9.73 Å². The van der Waals surface area contributed by atoms with Gasteiger partial charge in [-0.2, -0.15) is 0 Å². The molecule has 0 radical (unpaired) electrons. The molecule has 174 valence electrons. The molecule has 0 atom stereocenters. The van der Waals surface area contributed by atoms with Crippen molar-refractivity contribution in [1.82, 2.24) is 19.7 Å². The maximum absolute atomic E-state index is 12.2. The molecule has 1 N–H and O–H groups in total. The summed E-state index contributed by atoms with van der Waals surface area (Å²) in [4.78, 5) is 27.7. The number of hydrogen-bond donors (Lipinski definition) is 1. The van der Waals surface area contributed by atoms with Crippen LogP contribution in [0, 0.1) is 0 Å². The number of benzene rings is 2. The molecule has 5 rings (SSSR count). The Morgan fingerprint density at radius 1 is 1.03 bits per heavy atom. The molecule has 8 nitrogen and oxygen atoms in total. The predicted molar refractivity (Wildman–Crippen MR) is 135 cm³/mol. The molecule has 0 unspecified atom stereocenters. The van der Waals surface area contributed by atoms with Gasteiger partial charge in [0.1, 0.15) is 5.58 Å². The number of anilines is 1. The number of rotatable bonds is 7. The average molecular weight is 484 g/mol. The zero-order valence-corrected chi connectivity index (χ0v) is 19.7. The third kappa shape index (κ3) is 5.15. The van der Waals surface area contributed by atoms with Crippen LogP contribution in [0.3, 0.4) is 0 Å². The van der Waals surface area contributed by atoms with E-state index in [2.05, 4.69) is 37.2 Å². The fraction of sp³-hybridized carbons (Fsp3) is 0.115. The summed E-state index contributed by atoms with van der Waals surface area (Å²) in [5.41, 5.74) is 3.41. The fourth-order valence-electron chi connectivity index (χ4n) is 3.79. The van der Waals surface area contributed by atoms with Gasteiger partial charge in [0.2, 0.25) is 5.91 Å². The number of aromatic nitrogens is 4. The summed E-state index contributed by atoms with van der Waals surface area (Å²) in [5.74, 6) is 1.04. The lowest BCUT2D eigenvalue weighted by molar-refractivity contribution is -0.114. The smallest absolute Gasteiger partial charge is 0.336 e. The third-order valence-electron chi connectivity index (χ3n) is 5.35. The molecule has 35 heavy (non-hydrogen) atoms. The summed E-state index contributed by atoms with van der Waals surface area (Å²) in [5, 5.41) is 13.2. The molecule has 0 bridgehead atoms. The fourth-order valence-corrected chi connectivity index (χ4v) is 4.72. The Balaban J connectivity index is 1.48. The second-order valence-electron chi connectivity index (χ2n) is 7.89. The highest BCUT2D eigenvalue weighted by molar-refractivity contribution is 7.98. The van der Waals surface area contributed by atoms with Crippen LogP contribution in [-0.2, 0) is 17.1 Å². The number of carbonyl (C=O) groups excluding carboxylic acids is 1. The van der Waals surface area contributed by atoms with Crippen molar-refractivity contribution in [3.63, 3.8) is 0 Å². The van der Waals surface area contributed by atoms with Crippen LogP contribution in [0.1, 0.15) is 18.1 Å². The van der Waals surface area contributed by atoms with E-state index in [1.54, 1.807) is 24.5 Å². The van der Waals surface area contributed by atoms with E-state index in [-0.39, 0.29) is 5.91 Å². The quantitative estimate of drug-likeness (QED) is 0.263. The van der Waals surface area contributed by atoms with Crippen molar-refractivity contribution >= 4 is 34.3 Å². The van der Waals surface area contributed by atoms with Gasteiger partial charge in [-0.15, -0.1) is 10.2 Å². The lowest BCUT2D eigenvalue weighted by Gasteiger charge is -2.11. The van der Waals surface area contributed by atoms with Crippen LogP contribution >= 0.6 is 11.8 Å². The first-order valence-electron chi connectivity index (χ1n) is 10.9. The number of hydrogen-bond acceptors (Lipinski definition) is 7. The van der Waals surface area contributed by atoms with E-state index in [0.717, 1.165) is 33.1 Å². The number of carbonyl (C=O) groups is 1. The monoisotopic (exact) mass is 483 g/mol. The number of nitrogens with zero attached hydrogens (tertiary/aromatic N) is 4. The lowest BCUT2D eigenvalue weighted by Crippen LogP contribution is -2.06. The Kier molecular flexibility index (Phi) is 6.40. The maximum Gasteiger partial charge on any atom is 0.336 e. The normalized spacial score (nSPS) is 11.0. The van der Waals surface area contributed by atoms with Gasteiger partial charge in [-0.05, 0) is 35.4 Å². The van der Waals surface area contributed by atoms with Gasteiger partial charge in [0.05, 0.1) is 6.54 Å². The molecule has 5 aromatic rings. The minimum Gasteiger partial charge on any atom is -0.423 e. The Morgan fingerprint density at radius 2 is 1.83 bits per heavy atom. The van der Waals surface area contributed by atoms with Crippen molar-refractivity contribution in [2.24, 2.45) is 0 Å². The van der Waals surface area contributed by atoms with Gasteiger partial charge in [0.25, 0.3) is 0 Å². The Morgan fingerprint density at radius 3 is 2.60 bits per heavy atom. The van der Waals surface area contributed by atoms with Gasteiger partial charge in [-0.3, -0.25) is 14.3 Å². The molecule has 0 saturated heterocycles. The molecular formula is C26H21N5O3S.